The van der Waals surface area contributed by atoms with Gasteiger partial charge < -0.3 is 4.74 Å². The molecule has 3 rings (SSSR count). The van der Waals surface area contributed by atoms with E-state index < -0.39 is 5.41 Å². The summed E-state index contributed by atoms with van der Waals surface area (Å²) in [6.07, 6.45) is 3.77. The molecule has 2 aromatic rings. The SMILES string of the molecule is CCOC(=O)C1(C)CCc2c(sc3ncnc(Cl)c23)C1. The van der Waals surface area contributed by atoms with Gasteiger partial charge in [0.1, 0.15) is 16.3 Å². The first-order chi connectivity index (χ1) is 9.55. The molecule has 1 unspecified atom stereocenters. The average Bonchev–Trinajstić information content (AvgIpc) is 2.77. The smallest absolute Gasteiger partial charge is 0.312 e. The lowest BCUT2D eigenvalue weighted by atomic mass is 9.75. The number of carbonyl (C=O) groups is 1. The minimum absolute atomic E-state index is 0.111. The van der Waals surface area contributed by atoms with Gasteiger partial charge in [0.15, 0.2) is 0 Å². The second-order valence-corrected chi connectivity index (χ2v) is 6.75. The summed E-state index contributed by atoms with van der Waals surface area (Å²) in [5, 5.41) is 1.47. The predicted molar refractivity (Wildman–Crippen MR) is 79.2 cm³/mol. The summed E-state index contributed by atoms with van der Waals surface area (Å²) in [5.74, 6) is -0.111. The quantitative estimate of drug-likeness (QED) is 0.630. The van der Waals surface area contributed by atoms with Gasteiger partial charge in [-0.25, -0.2) is 9.97 Å². The molecule has 0 fully saturated rings. The lowest BCUT2D eigenvalue weighted by molar-refractivity contribution is -0.155. The fourth-order valence-corrected chi connectivity index (χ4v) is 4.40. The molecular weight excluding hydrogens is 296 g/mol. The van der Waals surface area contributed by atoms with Crippen molar-refractivity contribution < 1.29 is 9.53 Å². The van der Waals surface area contributed by atoms with Gasteiger partial charge >= 0.3 is 5.97 Å². The zero-order chi connectivity index (χ0) is 14.3. The van der Waals surface area contributed by atoms with Crippen LogP contribution in [-0.4, -0.2) is 22.5 Å². The topological polar surface area (TPSA) is 52.1 Å². The van der Waals surface area contributed by atoms with Crippen LogP contribution in [0, 0.1) is 5.41 Å². The number of carbonyl (C=O) groups excluding carboxylic acids is 1. The summed E-state index contributed by atoms with van der Waals surface area (Å²) >= 11 is 7.79. The first-order valence-electron chi connectivity index (χ1n) is 6.63. The molecule has 2 heterocycles. The largest absolute Gasteiger partial charge is 0.466 e. The molecule has 0 aliphatic heterocycles. The van der Waals surface area contributed by atoms with Crippen LogP contribution in [0.25, 0.3) is 10.2 Å². The Morgan fingerprint density at radius 1 is 1.55 bits per heavy atom. The Morgan fingerprint density at radius 3 is 3.10 bits per heavy atom. The molecular formula is C14H15ClN2O2S. The monoisotopic (exact) mass is 310 g/mol. The second-order valence-electron chi connectivity index (χ2n) is 5.31. The van der Waals surface area contributed by atoms with Crippen molar-refractivity contribution in [3.05, 3.63) is 21.9 Å². The molecule has 0 amide bonds. The van der Waals surface area contributed by atoms with Gasteiger partial charge in [-0.2, -0.15) is 0 Å². The molecule has 1 aliphatic carbocycles. The standard InChI is InChI=1S/C14H15ClN2O2S/c1-3-19-13(18)14(2)5-4-8-9(6-14)20-12-10(8)11(15)16-7-17-12/h7H,3-6H2,1-2H3. The summed E-state index contributed by atoms with van der Waals surface area (Å²) in [5.41, 5.74) is 0.765. The maximum Gasteiger partial charge on any atom is 0.312 e. The summed E-state index contributed by atoms with van der Waals surface area (Å²) in [6, 6.07) is 0. The van der Waals surface area contributed by atoms with E-state index in [2.05, 4.69) is 9.97 Å². The minimum Gasteiger partial charge on any atom is -0.466 e. The van der Waals surface area contributed by atoms with Gasteiger partial charge in [-0.1, -0.05) is 11.6 Å². The van der Waals surface area contributed by atoms with Crippen LogP contribution in [-0.2, 0) is 22.4 Å². The highest BCUT2D eigenvalue weighted by Crippen LogP contribution is 2.44. The fourth-order valence-electron chi connectivity index (χ4n) is 2.73. The van der Waals surface area contributed by atoms with Gasteiger partial charge in [0.25, 0.3) is 0 Å². The normalized spacial score (nSPS) is 21.8. The Balaban J connectivity index is 2.02. The Hall–Kier alpha value is -1.20. The second kappa shape index (κ2) is 4.97. The van der Waals surface area contributed by atoms with E-state index in [1.165, 1.54) is 16.8 Å². The molecule has 0 saturated heterocycles. The predicted octanol–water partition coefficient (Wildman–Crippen LogP) is 3.40. The Morgan fingerprint density at radius 2 is 2.35 bits per heavy atom. The van der Waals surface area contributed by atoms with E-state index in [1.807, 2.05) is 13.8 Å². The lowest BCUT2D eigenvalue weighted by Gasteiger charge is -2.31. The molecule has 0 radical (unpaired) electrons. The molecule has 1 aliphatic rings. The van der Waals surface area contributed by atoms with E-state index in [1.54, 1.807) is 11.3 Å². The molecule has 6 heteroatoms. The van der Waals surface area contributed by atoms with Crippen LogP contribution in [0.15, 0.2) is 6.33 Å². The van der Waals surface area contributed by atoms with Gasteiger partial charge in [0.05, 0.1) is 17.4 Å². The Kier molecular flexibility index (Phi) is 3.42. The van der Waals surface area contributed by atoms with E-state index in [9.17, 15) is 4.79 Å². The molecule has 20 heavy (non-hydrogen) atoms. The number of nitrogens with zero attached hydrogens (tertiary/aromatic N) is 2. The highest BCUT2D eigenvalue weighted by Gasteiger charge is 2.40. The number of esters is 1. The highest BCUT2D eigenvalue weighted by atomic mass is 35.5. The summed E-state index contributed by atoms with van der Waals surface area (Å²) in [4.78, 5) is 22.6. The summed E-state index contributed by atoms with van der Waals surface area (Å²) in [6.45, 7) is 4.24. The summed E-state index contributed by atoms with van der Waals surface area (Å²) < 4.78 is 5.21. The number of aryl methyl sites for hydroxylation is 1. The van der Waals surface area contributed by atoms with Gasteiger partial charge in [-0.05, 0) is 38.7 Å². The van der Waals surface area contributed by atoms with Crippen molar-refractivity contribution in [2.24, 2.45) is 5.41 Å². The van der Waals surface area contributed by atoms with Crippen LogP contribution in [0.1, 0.15) is 30.7 Å². The van der Waals surface area contributed by atoms with Crippen molar-refractivity contribution in [3.8, 4) is 0 Å². The fraction of sp³-hybridized carbons (Fsp3) is 0.500. The molecule has 0 spiro atoms. The zero-order valence-corrected chi connectivity index (χ0v) is 13.0. The zero-order valence-electron chi connectivity index (χ0n) is 11.4. The maximum atomic E-state index is 12.1. The van der Waals surface area contributed by atoms with E-state index in [0.717, 1.165) is 23.1 Å². The molecule has 2 aromatic heterocycles. The van der Waals surface area contributed by atoms with Crippen molar-refractivity contribution in [1.82, 2.24) is 9.97 Å². The molecule has 0 bridgehead atoms. The van der Waals surface area contributed by atoms with Gasteiger partial charge in [0, 0.05) is 4.88 Å². The summed E-state index contributed by atoms with van der Waals surface area (Å²) in [7, 11) is 0. The number of fused-ring (bicyclic) bond motifs is 3. The molecule has 0 aromatic carbocycles. The van der Waals surface area contributed by atoms with Crippen molar-refractivity contribution in [3.63, 3.8) is 0 Å². The van der Waals surface area contributed by atoms with Gasteiger partial charge in [-0.3, -0.25) is 4.79 Å². The number of hydrogen-bond donors (Lipinski definition) is 0. The molecule has 1 atom stereocenters. The number of hydrogen-bond acceptors (Lipinski definition) is 5. The Bertz CT molecular complexity index is 685. The van der Waals surface area contributed by atoms with Crippen LogP contribution in [0.3, 0.4) is 0 Å². The van der Waals surface area contributed by atoms with Crippen molar-refractivity contribution in [1.29, 1.82) is 0 Å². The van der Waals surface area contributed by atoms with Crippen molar-refractivity contribution in [2.45, 2.75) is 33.1 Å². The van der Waals surface area contributed by atoms with Gasteiger partial charge in [-0.15, -0.1) is 11.3 Å². The van der Waals surface area contributed by atoms with Crippen LogP contribution >= 0.6 is 22.9 Å². The van der Waals surface area contributed by atoms with E-state index in [-0.39, 0.29) is 5.97 Å². The molecule has 106 valence electrons. The number of ether oxygens (including phenoxy) is 1. The average molecular weight is 311 g/mol. The first-order valence-corrected chi connectivity index (χ1v) is 7.82. The minimum atomic E-state index is -0.441. The van der Waals surface area contributed by atoms with E-state index in [0.29, 0.717) is 18.2 Å². The molecule has 0 saturated carbocycles. The third-order valence-corrected chi connectivity index (χ3v) is 5.30. The third kappa shape index (κ3) is 2.09. The highest BCUT2D eigenvalue weighted by molar-refractivity contribution is 7.19. The molecule has 0 N–H and O–H groups in total. The van der Waals surface area contributed by atoms with Crippen LogP contribution in [0.4, 0.5) is 0 Å². The number of halogens is 1. The van der Waals surface area contributed by atoms with E-state index >= 15 is 0 Å². The van der Waals surface area contributed by atoms with Crippen molar-refractivity contribution in [2.75, 3.05) is 6.61 Å². The first kappa shape index (κ1) is 13.8. The number of thiophene rings is 1. The number of rotatable bonds is 2. The maximum absolute atomic E-state index is 12.1. The van der Waals surface area contributed by atoms with Crippen LogP contribution in [0.5, 0.6) is 0 Å². The van der Waals surface area contributed by atoms with Crippen LogP contribution in [0.2, 0.25) is 5.15 Å². The Labute approximate surface area is 126 Å². The van der Waals surface area contributed by atoms with Crippen LogP contribution < -0.4 is 0 Å². The van der Waals surface area contributed by atoms with E-state index in [4.69, 9.17) is 16.3 Å². The van der Waals surface area contributed by atoms with Crippen molar-refractivity contribution >= 4 is 39.1 Å². The van der Waals surface area contributed by atoms with Gasteiger partial charge in [0.2, 0.25) is 0 Å². The third-order valence-electron chi connectivity index (χ3n) is 3.87. The number of aromatic nitrogens is 2. The molecule has 4 nitrogen and oxygen atoms in total. The lowest BCUT2D eigenvalue weighted by Crippen LogP contribution is -2.35.